The Morgan fingerprint density at radius 3 is 2.26 bits per heavy atom. The van der Waals surface area contributed by atoms with Crippen LogP contribution >= 0.6 is 0 Å². The number of hydrogen-bond donors (Lipinski definition) is 2. The van der Waals surface area contributed by atoms with Crippen LogP contribution in [0.4, 0.5) is 4.79 Å². The maximum absolute atomic E-state index is 12.6. The summed E-state index contributed by atoms with van der Waals surface area (Å²) < 4.78 is 5.50. The van der Waals surface area contributed by atoms with Crippen LogP contribution in [0.2, 0.25) is 0 Å². The molecule has 0 aliphatic heterocycles. The normalized spacial score (nSPS) is 12.9. The van der Waals surface area contributed by atoms with Crippen molar-refractivity contribution in [3.63, 3.8) is 0 Å². The van der Waals surface area contributed by atoms with E-state index in [4.69, 9.17) is 9.84 Å². The van der Waals surface area contributed by atoms with Gasteiger partial charge >= 0.3 is 12.1 Å². The molecule has 2 aromatic rings. The van der Waals surface area contributed by atoms with Crippen LogP contribution in [0.5, 0.6) is 0 Å². The first kappa shape index (κ1) is 22.1. The number of benzene rings is 2. The van der Waals surface area contributed by atoms with Gasteiger partial charge in [-0.1, -0.05) is 54.6 Å². The number of nitrogens with one attached hydrogen (secondary N) is 1. The Morgan fingerprint density at radius 1 is 1.13 bits per heavy atom. The Hall–Kier alpha value is -3.61. The van der Waals surface area contributed by atoms with Gasteiger partial charge in [-0.15, -0.1) is 6.58 Å². The summed E-state index contributed by atoms with van der Waals surface area (Å²) in [4.78, 5) is 37.1. The number of ether oxygens (including phenoxy) is 1. The molecule has 1 atom stereocenters. The first-order valence-corrected chi connectivity index (χ1v) is 10.1. The molecule has 2 amide bonds. The molecule has 0 heterocycles. The number of carbonyl (C=O) groups excluding carboxylic acids is 2. The van der Waals surface area contributed by atoms with Gasteiger partial charge in [-0.25, -0.2) is 4.79 Å². The minimum atomic E-state index is -0.996. The number of carbonyl (C=O) groups is 3. The predicted octanol–water partition coefficient (Wildman–Crippen LogP) is 3.40. The number of aliphatic carboxylic acids is 1. The molecule has 0 bridgehead atoms. The predicted molar refractivity (Wildman–Crippen MR) is 117 cm³/mol. The molecular weight excluding hydrogens is 396 g/mol. The second-order valence-corrected chi connectivity index (χ2v) is 7.45. The highest BCUT2D eigenvalue weighted by atomic mass is 16.5. The standard InChI is InChI=1S/C24H26N2O5/c1-3-8-21(23(29)26(2)14-13-22(27)28)25-24(30)31-15-20-18-11-6-4-9-16(18)17-10-5-7-12-19(17)20/h3-7,9-12,20-21H,1,8,13-15H2,2H3,(H,25,30)(H,27,28). The van der Waals surface area contributed by atoms with Gasteiger partial charge in [-0.05, 0) is 28.7 Å². The molecule has 7 nitrogen and oxygen atoms in total. The Labute approximate surface area is 181 Å². The summed E-state index contributed by atoms with van der Waals surface area (Å²) in [5.74, 6) is -1.47. The molecule has 0 spiro atoms. The highest BCUT2D eigenvalue weighted by Crippen LogP contribution is 2.44. The van der Waals surface area contributed by atoms with Gasteiger partial charge in [0.05, 0.1) is 6.42 Å². The highest BCUT2D eigenvalue weighted by Gasteiger charge is 2.30. The molecule has 2 aromatic carbocycles. The number of alkyl carbamates (subject to hydrolysis) is 1. The topological polar surface area (TPSA) is 95.9 Å². The number of fused-ring (bicyclic) bond motifs is 3. The summed E-state index contributed by atoms with van der Waals surface area (Å²) in [6, 6.07) is 15.2. The van der Waals surface area contributed by atoms with Crippen molar-refractivity contribution in [1.29, 1.82) is 0 Å². The summed E-state index contributed by atoms with van der Waals surface area (Å²) in [5, 5.41) is 11.4. The lowest BCUT2D eigenvalue weighted by Crippen LogP contribution is -2.47. The van der Waals surface area contributed by atoms with Crippen molar-refractivity contribution in [2.75, 3.05) is 20.2 Å². The Kier molecular flexibility index (Phi) is 7.07. The minimum absolute atomic E-state index is 0.0498. The van der Waals surface area contributed by atoms with E-state index in [2.05, 4.69) is 24.0 Å². The molecule has 1 aliphatic carbocycles. The summed E-state index contributed by atoms with van der Waals surface area (Å²) in [7, 11) is 1.50. The quantitative estimate of drug-likeness (QED) is 0.604. The van der Waals surface area contributed by atoms with E-state index in [9.17, 15) is 14.4 Å². The third kappa shape index (κ3) is 5.12. The van der Waals surface area contributed by atoms with Crippen molar-refractivity contribution >= 4 is 18.0 Å². The lowest BCUT2D eigenvalue weighted by atomic mass is 9.98. The van der Waals surface area contributed by atoms with Gasteiger partial charge in [0.15, 0.2) is 0 Å². The maximum atomic E-state index is 12.6. The second kappa shape index (κ2) is 9.93. The van der Waals surface area contributed by atoms with Crippen molar-refractivity contribution < 1.29 is 24.2 Å². The second-order valence-electron chi connectivity index (χ2n) is 7.45. The summed E-state index contributed by atoms with van der Waals surface area (Å²) in [6.45, 7) is 3.82. The molecule has 0 saturated carbocycles. The maximum Gasteiger partial charge on any atom is 0.407 e. The zero-order valence-corrected chi connectivity index (χ0v) is 17.4. The van der Waals surface area contributed by atoms with Crippen LogP contribution in [0.1, 0.15) is 29.9 Å². The molecule has 0 radical (unpaired) electrons. The fourth-order valence-corrected chi connectivity index (χ4v) is 3.81. The molecule has 0 saturated heterocycles. The van der Waals surface area contributed by atoms with Gasteiger partial charge in [-0.2, -0.15) is 0 Å². The highest BCUT2D eigenvalue weighted by molar-refractivity contribution is 5.86. The van der Waals surface area contributed by atoms with Crippen LogP contribution in [-0.2, 0) is 14.3 Å². The van der Waals surface area contributed by atoms with Crippen molar-refractivity contribution in [3.05, 3.63) is 72.3 Å². The van der Waals surface area contributed by atoms with E-state index in [-0.39, 0.29) is 31.9 Å². The Morgan fingerprint density at radius 2 is 1.71 bits per heavy atom. The molecule has 3 rings (SSSR count). The van der Waals surface area contributed by atoms with Gasteiger partial charge in [0.2, 0.25) is 5.91 Å². The van der Waals surface area contributed by atoms with Crippen molar-refractivity contribution in [2.24, 2.45) is 0 Å². The van der Waals surface area contributed by atoms with Gasteiger partial charge in [0.1, 0.15) is 12.6 Å². The average Bonchev–Trinajstić information content (AvgIpc) is 3.09. The molecule has 0 fully saturated rings. The third-order valence-corrected chi connectivity index (χ3v) is 5.37. The zero-order valence-electron chi connectivity index (χ0n) is 17.4. The van der Waals surface area contributed by atoms with Crippen LogP contribution in [-0.4, -0.2) is 54.2 Å². The number of hydrogen-bond acceptors (Lipinski definition) is 4. The summed E-state index contributed by atoms with van der Waals surface area (Å²) >= 11 is 0. The smallest absolute Gasteiger partial charge is 0.407 e. The van der Waals surface area contributed by atoms with Crippen LogP contribution in [0.15, 0.2) is 61.2 Å². The molecule has 162 valence electrons. The molecule has 31 heavy (non-hydrogen) atoms. The monoisotopic (exact) mass is 422 g/mol. The van der Waals surface area contributed by atoms with Crippen molar-refractivity contribution in [3.8, 4) is 11.1 Å². The van der Waals surface area contributed by atoms with E-state index in [1.54, 1.807) is 0 Å². The fraction of sp³-hybridized carbons (Fsp3) is 0.292. The molecule has 7 heteroatoms. The SMILES string of the molecule is C=CCC(NC(=O)OCC1c2ccccc2-c2ccccc21)C(=O)N(C)CCC(=O)O. The van der Waals surface area contributed by atoms with Crippen LogP contribution in [0.25, 0.3) is 11.1 Å². The number of carboxylic acids is 1. The van der Waals surface area contributed by atoms with E-state index in [1.165, 1.54) is 18.0 Å². The number of rotatable bonds is 9. The first-order chi connectivity index (χ1) is 14.9. The van der Waals surface area contributed by atoms with E-state index in [0.29, 0.717) is 0 Å². The fourth-order valence-electron chi connectivity index (χ4n) is 3.81. The first-order valence-electron chi connectivity index (χ1n) is 10.1. The van der Waals surface area contributed by atoms with E-state index in [0.717, 1.165) is 22.3 Å². The number of carboxylic acid groups (broad SMARTS) is 1. The Bertz CT molecular complexity index is 942. The molecule has 0 aromatic heterocycles. The summed E-state index contributed by atoms with van der Waals surface area (Å²) in [5.41, 5.74) is 4.46. The number of likely N-dealkylation sites (N-methyl/N-ethyl adjacent to an activating group) is 1. The van der Waals surface area contributed by atoms with Crippen LogP contribution < -0.4 is 5.32 Å². The van der Waals surface area contributed by atoms with E-state index >= 15 is 0 Å². The van der Waals surface area contributed by atoms with Crippen LogP contribution in [0.3, 0.4) is 0 Å². The van der Waals surface area contributed by atoms with Gasteiger partial charge in [0.25, 0.3) is 0 Å². The number of amides is 2. The van der Waals surface area contributed by atoms with Crippen LogP contribution in [0, 0.1) is 0 Å². The van der Waals surface area contributed by atoms with Gasteiger partial charge in [-0.3, -0.25) is 9.59 Å². The van der Waals surface area contributed by atoms with E-state index < -0.39 is 24.0 Å². The van der Waals surface area contributed by atoms with Crippen molar-refractivity contribution in [1.82, 2.24) is 10.2 Å². The lowest BCUT2D eigenvalue weighted by Gasteiger charge is -2.23. The van der Waals surface area contributed by atoms with E-state index in [1.807, 2.05) is 36.4 Å². The number of nitrogens with zero attached hydrogens (tertiary/aromatic N) is 1. The lowest BCUT2D eigenvalue weighted by molar-refractivity contribution is -0.138. The molecule has 1 aliphatic rings. The van der Waals surface area contributed by atoms with Gasteiger partial charge in [0, 0.05) is 19.5 Å². The van der Waals surface area contributed by atoms with Crippen molar-refractivity contribution in [2.45, 2.75) is 24.8 Å². The summed E-state index contributed by atoms with van der Waals surface area (Å²) in [6.07, 6.45) is 0.861. The molecule has 2 N–H and O–H groups in total. The average molecular weight is 422 g/mol. The Balaban J connectivity index is 1.64. The molecule has 1 unspecified atom stereocenters. The molecular formula is C24H26N2O5. The minimum Gasteiger partial charge on any atom is -0.481 e. The zero-order chi connectivity index (χ0) is 22.4. The van der Waals surface area contributed by atoms with Gasteiger partial charge < -0.3 is 20.1 Å². The third-order valence-electron chi connectivity index (χ3n) is 5.37. The largest absolute Gasteiger partial charge is 0.481 e.